The molecule has 0 unspecified atom stereocenters. The summed E-state index contributed by atoms with van der Waals surface area (Å²) in [4.78, 5) is 8.97. The number of nitrogens with zero attached hydrogens (tertiary/aromatic N) is 2. The van der Waals surface area contributed by atoms with Crippen LogP contribution in [0, 0.1) is 0 Å². The van der Waals surface area contributed by atoms with Crippen LogP contribution in [-0.2, 0) is 19.4 Å². The zero-order chi connectivity index (χ0) is 16.4. The molecular formula is C20H20N4. The molecule has 0 amide bonds. The summed E-state index contributed by atoms with van der Waals surface area (Å²) in [6.45, 7) is 0.538. The Hall–Kier alpha value is -2.72. The van der Waals surface area contributed by atoms with Crippen molar-refractivity contribution in [1.82, 2.24) is 9.97 Å². The molecule has 1 aliphatic carbocycles. The van der Waals surface area contributed by atoms with Gasteiger partial charge >= 0.3 is 0 Å². The Morgan fingerprint density at radius 3 is 2.29 bits per heavy atom. The van der Waals surface area contributed by atoms with Gasteiger partial charge in [0.25, 0.3) is 0 Å². The van der Waals surface area contributed by atoms with Crippen LogP contribution in [0.5, 0.6) is 0 Å². The van der Waals surface area contributed by atoms with Crippen LogP contribution in [0.1, 0.15) is 16.7 Å². The Labute approximate surface area is 141 Å². The smallest absolute Gasteiger partial charge is 0.222 e. The van der Waals surface area contributed by atoms with E-state index >= 15 is 0 Å². The number of nitrogens with two attached hydrogens (primary N) is 1. The predicted molar refractivity (Wildman–Crippen MR) is 96.6 cm³/mol. The van der Waals surface area contributed by atoms with Crippen molar-refractivity contribution in [3.63, 3.8) is 0 Å². The lowest BCUT2D eigenvalue weighted by atomic mass is 10.1. The highest BCUT2D eigenvalue weighted by Crippen LogP contribution is 2.24. The monoisotopic (exact) mass is 316 g/mol. The van der Waals surface area contributed by atoms with Crippen LogP contribution in [0.25, 0.3) is 11.1 Å². The van der Waals surface area contributed by atoms with Crippen LogP contribution in [0.3, 0.4) is 0 Å². The van der Waals surface area contributed by atoms with Gasteiger partial charge in [-0.05, 0) is 41.2 Å². The second kappa shape index (κ2) is 6.42. The van der Waals surface area contributed by atoms with E-state index in [1.54, 1.807) is 0 Å². The summed E-state index contributed by atoms with van der Waals surface area (Å²) in [5.74, 6) is 0.687. The Morgan fingerprint density at radius 2 is 1.62 bits per heavy atom. The first-order chi connectivity index (χ1) is 11.8. The highest BCUT2D eigenvalue weighted by molar-refractivity contribution is 5.62. The van der Waals surface area contributed by atoms with Crippen molar-refractivity contribution < 1.29 is 0 Å². The first kappa shape index (κ1) is 14.8. The van der Waals surface area contributed by atoms with Gasteiger partial charge in [0.1, 0.15) is 0 Å². The van der Waals surface area contributed by atoms with Crippen molar-refractivity contribution in [1.29, 1.82) is 0 Å². The average Bonchev–Trinajstić information content (AvgIpc) is 3.04. The highest BCUT2D eigenvalue weighted by Gasteiger charge is 2.21. The molecule has 3 N–H and O–H groups in total. The summed E-state index contributed by atoms with van der Waals surface area (Å²) in [5, 5.41) is 3.45. The second-order valence-corrected chi connectivity index (χ2v) is 6.22. The predicted octanol–water partition coefficient (Wildman–Crippen LogP) is 3.18. The molecule has 4 heteroatoms. The molecule has 1 heterocycles. The molecule has 24 heavy (non-hydrogen) atoms. The van der Waals surface area contributed by atoms with E-state index < -0.39 is 0 Å². The lowest BCUT2D eigenvalue weighted by Gasteiger charge is -2.12. The second-order valence-electron chi connectivity index (χ2n) is 6.22. The number of benzene rings is 2. The van der Waals surface area contributed by atoms with Crippen molar-refractivity contribution in [3.8, 4) is 11.1 Å². The standard InChI is InChI=1S/C20H20N4/c21-11-14-4-3-7-15(8-14)18-12-22-20(23-13-18)24-19-9-16-5-1-2-6-17(16)10-19/h1-8,12-13,19H,9-11,21H2,(H,22,23,24). The molecule has 0 atom stereocenters. The molecule has 1 aromatic heterocycles. The fraction of sp³-hybridized carbons (Fsp3) is 0.200. The third kappa shape index (κ3) is 3.01. The minimum atomic E-state index is 0.369. The summed E-state index contributed by atoms with van der Waals surface area (Å²) in [6.07, 6.45) is 5.79. The summed E-state index contributed by atoms with van der Waals surface area (Å²) in [7, 11) is 0. The molecule has 4 rings (SSSR count). The van der Waals surface area contributed by atoms with E-state index in [9.17, 15) is 0 Å². The van der Waals surface area contributed by atoms with Crippen molar-refractivity contribution in [2.75, 3.05) is 5.32 Å². The van der Waals surface area contributed by atoms with E-state index in [0.717, 1.165) is 29.5 Å². The van der Waals surface area contributed by atoms with Crippen LogP contribution in [0.4, 0.5) is 5.95 Å². The Morgan fingerprint density at radius 1 is 0.917 bits per heavy atom. The summed E-state index contributed by atoms with van der Waals surface area (Å²) in [6, 6.07) is 17.1. The largest absolute Gasteiger partial charge is 0.351 e. The van der Waals surface area contributed by atoms with Gasteiger partial charge in [0.2, 0.25) is 5.95 Å². The molecule has 0 saturated carbocycles. The zero-order valence-corrected chi connectivity index (χ0v) is 13.4. The molecule has 0 fully saturated rings. The maximum absolute atomic E-state index is 5.71. The van der Waals surface area contributed by atoms with Crippen molar-refractivity contribution >= 4 is 5.95 Å². The molecule has 0 saturated heterocycles. The minimum absolute atomic E-state index is 0.369. The molecule has 0 bridgehead atoms. The van der Waals surface area contributed by atoms with Gasteiger partial charge in [0.05, 0.1) is 0 Å². The number of anilines is 1. The maximum atomic E-state index is 5.71. The molecule has 3 aromatic rings. The van der Waals surface area contributed by atoms with Crippen LogP contribution < -0.4 is 11.1 Å². The number of hydrogen-bond acceptors (Lipinski definition) is 4. The number of hydrogen-bond donors (Lipinski definition) is 2. The molecule has 4 nitrogen and oxygen atoms in total. The lowest BCUT2D eigenvalue weighted by molar-refractivity contribution is 0.762. The fourth-order valence-electron chi connectivity index (χ4n) is 3.27. The van der Waals surface area contributed by atoms with Gasteiger partial charge in [0.15, 0.2) is 0 Å². The lowest BCUT2D eigenvalue weighted by Crippen LogP contribution is -2.20. The SMILES string of the molecule is NCc1cccc(-c2cnc(NC3Cc4ccccc4C3)nc2)c1. The summed E-state index contributed by atoms with van der Waals surface area (Å²) >= 11 is 0. The Bertz CT molecular complexity index is 817. The normalized spacial score (nSPS) is 13.7. The van der Waals surface area contributed by atoms with Gasteiger partial charge in [-0.15, -0.1) is 0 Å². The third-order valence-electron chi connectivity index (χ3n) is 4.53. The van der Waals surface area contributed by atoms with Gasteiger partial charge in [-0.25, -0.2) is 9.97 Å². The molecule has 0 aliphatic heterocycles. The number of aromatic nitrogens is 2. The zero-order valence-electron chi connectivity index (χ0n) is 13.4. The third-order valence-corrected chi connectivity index (χ3v) is 4.53. The molecular weight excluding hydrogens is 296 g/mol. The summed E-state index contributed by atoms with van der Waals surface area (Å²) in [5.41, 5.74) is 11.8. The van der Waals surface area contributed by atoms with Crippen molar-refractivity contribution in [2.45, 2.75) is 25.4 Å². The molecule has 1 aliphatic rings. The first-order valence-corrected chi connectivity index (χ1v) is 8.26. The number of fused-ring (bicyclic) bond motifs is 1. The highest BCUT2D eigenvalue weighted by atomic mass is 15.1. The van der Waals surface area contributed by atoms with E-state index in [0.29, 0.717) is 18.5 Å². The Kier molecular flexibility index (Phi) is 3.97. The maximum Gasteiger partial charge on any atom is 0.222 e. The van der Waals surface area contributed by atoms with E-state index in [1.165, 1.54) is 11.1 Å². The fourth-order valence-corrected chi connectivity index (χ4v) is 3.27. The van der Waals surface area contributed by atoms with E-state index in [4.69, 9.17) is 5.73 Å². The van der Waals surface area contributed by atoms with E-state index in [-0.39, 0.29) is 0 Å². The van der Waals surface area contributed by atoms with Crippen LogP contribution in [-0.4, -0.2) is 16.0 Å². The molecule has 0 radical (unpaired) electrons. The van der Waals surface area contributed by atoms with Crippen molar-refractivity contribution in [3.05, 3.63) is 77.6 Å². The van der Waals surface area contributed by atoms with Gasteiger partial charge in [-0.1, -0.05) is 42.5 Å². The molecule has 0 spiro atoms. The minimum Gasteiger partial charge on any atom is -0.351 e. The van der Waals surface area contributed by atoms with Crippen LogP contribution in [0.15, 0.2) is 60.9 Å². The molecule has 120 valence electrons. The van der Waals surface area contributed by atoms with Crippen LogP contribution >= 0.6 is 0 Å². The average molecular weight is 316 g/mol. The topological polar surface area (TPSA) is 63.8 Å². The quantitative estimate of drug-likeness (QED) is 0.776. The van der Waals surface area contributed by atoms with Gasteiger partial charge in [0, 0.05) is 30.5 Å². The first-order valence-electron chi connectivity index (χ1n) is 8.26. The summed E-state index contributed by atoms with van der Waals surface area (Å²) < 4.78 is 0. The number of rotatable bonds is 4. The van der Waals surface area contributed by atoms with Gasteiger partial charge in [-0.2, -0.15) is 0 Å². The number of nitrogens with one attached hydrogen (secondary N) is 1. The molecule has 2 aromatic carbocycles. The van der Waals surface area contributed by atoms with Gasteiger partial charge < -0.3 is 11.1 Å². The van der Waals surface area contributed by atoms with Gasteiger partial charge in [-0.3, -0.25) is 0 Å². The van der Waals surface area contributed by atoms with Crippen LogP contribution in [0.2, 0.25) is 0 Å². The Balaban J connectivity index is 1.47. The van der Waals surface area contributed by atoms with E-state index in [1.807, 2.05) is 24.5 Å². The van der Waals surface area contributed by atoms with E-state index in [2.05, 4.69) is 51.7 Å². The van der Waals surface area contributed by atoms with Crippen molar-refractivity contribution in [2.24, 2.45) is 5.73 Å².